The van der Waals surface area contributed by atoms with Gasteiger partial charge in [0.05, 0.1) is 0 Å². The molecular formula is C33H39CuF6N3P. The smallest absolute Gasteiger partial charge is 1.00 e. The maximum atomic E-state index is 9.87. The fourth-order valence-electron chi connectivity index (χ4n) is 5.68. The predicted octanol–water partition coefficient (Wildman–Crippen LogP) is 10.3. The third-order valence-corrected chi connectivity index (χ3v) is 7.32. The van der Waals surface area contributed by atoms with Crippen LogP contribution >= 0.6 is 7.81 Å². The molecule has 0 aliphatic rings. The largest absolute Gasteiger partial charge is 1.00 e. The molecule has 0 N–H and O–H groups in total. The molecule has 3 aromatic heterocycles. The second-order valence-electron chi connectivity index (χ2n) is 10.4. The first-order chi connectivity index (χ1) is 20.2. The van der Waals surface area contributed by atoms with E-state index in [1.54, 1.807) is 33.4 Å². The number of rotatable bonds is 12. The quantitative estimate of drug-likeness (QED) is 0.0846. The van der Waals surface area contributed by atoms with Gasteiger partial charge in [0.15, 0.2) is 0 Å². The van der Waals surface area contributed by atoms with Crippen molar-refractivity contribution in [2.45, 2.75) is 78.6 Å². The zero-order valence-electron chi connectivity index (χ0n) is 25.2. The summed E-state index contributed by atoms with van der Waals surface area (Å²) in [6.45, 7) is 6.99. The van der Waals surface area contributed by atoms with E-state index in [2.05, 4.69) is 72.1 Å². The predicted molar refractivity (Wildman–Crippen MR) is 163 cm³/mol. The van der Waals surface area contributed by atoms with Crippen LogP contribution in [0.25, 0.3) is 0 Å². The minimum atomic E-state index is -10.7. The van der Waals surface area contributed by atoms with Crippen LogP contribution in [0.4, 0.5) is 25.2 Å². The van der Waals surface area contributed by atoms with E-state index in [0.29, 0.717) is 0 Å². The first-order valence-corrected chi connectivity index (χ1v) is 16.7. The Bertz CT molecular complexity index is 1270. The SMILES string of the molecule is CCc1c(CCc2ccccn2)c(CC)c(CCc2ccccn2)c(CC)c1CCc1ccccn1.F[P-](F)(F)(F)(F)F.[Cu+]. The van der Waals surface area contributed by atoms with Gasteiger partial charge >= 0.3 is 50.1 Å². The molecule has 0 saturated carbocycles. The third-order valence-electron chi connectivity index (χ3n) is 7.32. The Morgan fingerprint density at radius 3 is 0.864 bits per heavy atom. The Hall–Kier alpha value is -2.80. The maximum absolute atomic E-state index is 10.7. The van der Waals surface area contributed by atoms with Gasteiger partial charge in [0.2, 0.25) is 0 Å². The monoisotopic (exact) mass is 685 g/mol. The molecule has 0 atom stereocenters. The van der Waals surface area contributed by atoms with Crippen molar-refractivity contribution in [3.63, 3.8) is 0 Å². The molecule has 3 heterocycles. The number of aromatic nitrogens is 3. The number of pyridine rings is 3. The number of aryl methyl sites for hydroxylation is 3. The van der Waals surface area contributed by atoms with Crippen molar-refractivity contribution in [1.29, 1.82) is 0 Å². The van der Waals surface area contributed by atoms with Crippen LogP contribution in [0.1, 0.15) is 71.2 Å². The summed E-state index contributed by atoms with van der Waals surface area (Å²) in [6, 6.07) is 18.8. The van der Waals surface area contributed by atoms with Gasteiger partial charge in [-0.15, -0.1) is 0 Å². The van der Waals surface area contributed by atoms with Crippen molar-refractivity contribution in [3.05, 3.63) is 124 Å². The second-order valence-corrected chi connectivity index (χ2v) is 12.3. The molecule has 11 heteroatoms. The topological polar surface area (TPSA) is 38.7 Å². The Balaban J connectivity index is 0.000000756. The van der Waals surface area contributed by atoms with Gasteiger partial charge in [0.25, 0.3) is 0 Å². The zero-order chi connectivity index (χ0) is 31.6. The molecule has 0 aliphatic heterocycles. The van der Waals surface area contributed by atoms with E-state index < -0.39 is 7.81 Å². The van der Waals surface area contributed by atoms with E-state index in [4.69, 9.17) is 0 Å². The molecule has 4 aromatic rings. The third kappa shape index (κ3) is 13.1. The van der Waals surface area contributed by atoms with Gasteiger partial charge in [-0.3, -0.25) is 15.0 Å². The maximum Gasteiger partial charge on any atom is 1.00 e. The molecular weight excluding hydrogens is 647 g/mol. The average molecular weight is 686 g/mol. The van der Waals surface area contributed by atoms with Gasteiger partial charge in [0.1, 0.15) is 0 Å². The van der Waals surface area contributed by atoms with Crippen molar-refractivity contribution in [3.8, 4) is 0 Å². The fraction of sp³-hybridized carbons (Fsp3) is 0.364. The molecule has 0 radical (unpaired) electrons. The number of hydrogen-bond acceptors (Lipinski definition) is 3. The molecule has 0 aliphatic carbocycles. The summed E-state index contributed by atoms with van der Waals surface area (Å²) in [5.41, 5.74) is 12.9. The van der Waals surface area contributed by atoms with Gasteiger partial charge in [-0.2, -0.15) is 0 Å². The molecule has 44 heavy (non-hydrogen) atoms. The molecule has 0 saturated heterocycles. The Labute approximate surface area is 266 Å². The van der Waals surface area contributed by atoms with Crippen LogP contribution in [0.2, 0.25) is 0 Å². The summed E-state index contributed by atoms with van der Waals surface area (Å²) >= 11 is 0. The molecule has 0 bridgehead atoms. The Kier molecular flexibility index (Phi) is 13.1. The van der Waals surface area contributed by atoms with Gasteiger partial charge < -0.3 is 0 Å². The molecule has 0 fully saturated rings. The first-order valence-electron chi connectivity index (χ1n) is 14.6. The minimum absolute atomic E-state index is 0. The van der Waals surface area contributed by atoms with E-state index >= 15 is 0 Å². The molecule has 0 amide bonds. The van der Waals surface area contributed by atoms with E-state index in [0.717, 1.165) is 57.8 Å². The number of hydrogen-bond donors (Lipinski definition) is 0. The van der Waals surface area contributed by atoms with Crippen LogP contribution in [0, 0.1) is 0 Å². The molecule has 0 unspecified atom stereocenters. The molecule has 1 aromatic carbocycles. The summed E-state index contributed by atoms with van der Waals surface area (Å²) in [5.74, 6) is 0. The van der Waals surface area contributed by atoms with Crippen LogP contribution in [-0.4, -0.2) is 15.0 Å². The summed E-state index contributed by atoms with van der Waals surface area (Å²) < 4.78 is 59.2. The normalized spacial score (nSPS) is 12.8. The van der Waals surface area contributed by atoms with Crippen LogP contribution in [0.5, 0.6) is 0 Å². The Morgan fingerprint density at radius 1 is 0.432 bits per heavy atom. The number of benzene rings is 1. The first kappa shape index (κ1) is 37.4. The fourth-order valence-corrected chi connectivity index (χ4v) is 5.68. The van der Waals surface area contributed by atoms with Crippen LogP contribution in [0.15, 0.2) is 73.2 Å². The van der Waals surface area contributed by atoms with Gasteiger partial charge in [-0.05, 0) is 128 Å². The van der Waals surface area contributed by atoms with Crippen molar-refractivity contribution < 1.29 is 42.3 Å². The van der Waals surface area contributed by atoms with Crippen LogP contribution in [-0.2, 0) is 74.9 Å². The van der Waals surface area contributed by atoms with E-state index in [-0.39, 0.29) is 17.1 Å². The van der Waals surface area contributed by atoms with Crippen LogP contribution in [0.3, 0.4) is 0 Å². The van der Waals surface area contributed by atoms with Gasteiger partial charge in [-0.1, -0.05) is 39.0 Å². The summed E-state index contributed by atoms with van der Waals surface area (Å²) in [5, 5.41) is 0. The number of halogens is 6. The standard InChI is InChI=1S/C33H39N3.Cu.F6P/c1-4-28-31(19-16-25-13-7-10-22-34-25)29(5-2)33(21-18-27-15-9-12-24-36-27)30(6-3)32(28)20-17-26-14-8-11-23-35-26;;1-7(2,3,4,5)6/h7-15,22-24H,4-6,16-21H2,1-3H3;;/q;+1;-1. The summed E-state index contributed by atoms with van der Waals surface area (Å²) in [6.07, 6.45) is 15.0. The Morgan fingerprint density at radius 2 is 0.682 bits per heavy atom. The van der Waals surface area contributed by atoms with E-state index in [1.807, 2.05) is 36.8 Å². The summed E-state index contributed by atoms with van der Waals surface area (Å²) in [7, 11) is -10.7. The number of nitrogens with zero attached hydrogens (tertiary/aromatic N) is 3. The van der Waals surface area contributed by atoms with Crippen molar-refractivity contribution in [2.24, 2.45) is 0 Å². The summed E-state index contributed by atoms with van der Waals surface area (Å²) in [4.78, 5) is 13.9. The molecule has 0 spiro atoms. The van der Waals surface area contributed by atoms with E-state index in [1.165, 1.54) is 17.1 Å². The zero-order valence-corrected chi connectivity index (χ0v) is 27.0. The van der Waals surface area contributed by atoms with Crippen molar-refractivity contribution in [1.82, 2.24) is 15.0 Å². The second kappa shape index (κ2) is 15.5. The van der Waals surface area contributed by atoms with Gasteiger partial charge in [-0.25, -0.2) is 0 Å². The van der Waals surface area contributed by atoms with Crippen LogP contribution < -0.4 is 0 Å². The molecule has 3 nitrogen and oxygen atoms in total. The van der Waals surface area contributed by atoms with E-state index in [9.17, 15) is 25.2 Å². The average Bonchev–Trinajstić information content (AvgIpc) is 2.97. The van der Waals surface area contributed by atoms with Crippen molar-refractivity contribution >= 4 is 7.81 Å². The van der Waals surface area contributed by atoms with Crippen molar-refractivity contribution in [2.75, 3.05) is 0 Å². The van der Waals surface area contributed by atoms with Gasteiger partial charge in [0, 0.05) is 35.7 Å². The minimum Gasteiger partial charge on any atom is 1.00 e. The molecule has 244 valence electrons. The molecule has 4 rings (SSSR count).